The number of aryl methyl sites for hydroxylation is 1. The summed E-state index contributed by atoms with van der Waals surface area (Å²) in [5, 5.41) is 7.49. The first-order valence-corrected chi connectivity index (χ1v) is 6.52. The number of hydrogen-bond acceptors (Lipinski definition) is 2. The van der Waals surface area contributed by atoms with E-state index in [4.69, 9.17) is 11.6 Å². The van der Waals surface area contributed by atoms with Gasteiger partial charge in [0, 0.05) is 11.9 Å². The molecule has 20 heavy (non-hydrogen) atoms. The Morgan fingerprint density at radius 1 is 1.45 bits per heavy atom. The Balaban J connectivity index is 2.32. The summed E-state index contributed by atoms with van der Waals surface area (Å²) in [4.78, 5) is 11.2. The number of amides is 1. The average Bonchev–Trinajstić information content (AvgIpc) is 2.60. The first-order valence-electron chi connectivity index (χ1n) is 6.14. The van der Waals surface area contributed by atoms with Crippen molar-refractivity contribution in [3.05, 3.63) is 46.0 Å². The Labute approximate surface area is 121 Å². The molecular weight excluding hydrogens is 281 g/mol. The van der Waals surface area contributed by atoms with Gasteiger partial charge in [-0.1, -0.05) is 17.7 Å². The van der Waals surface area contributed by atoms with Crippen molar-refractivity contribution in [2.45, 2.75) is 27.3 Å². The van der Waals surface area contributed by atoms with E-state index in [1.54, 1.807) is 10.7 Å². The summed E-state index contributed by atoms with van der Waals surface area (Å²) >= 11 is 6.01. The number of nitrogens with zero attached hydrogens (tertiary/aromatic N) is 2. The van der Waals surface area contributed by atoms with Crippen LogP contribution < -0.4 is 5.32 Å². The molecule has 4 nitrogen and oxygen atoms in total. The van der Waals surface area contributed by atoms with Gasteiger partial charge in [-0.05, 0) is 31.5 Å². The van der Waals surface area contributed by atoms with Crippen molar-refractivity contribution in [1.82, 2.24) is 9.78 Å². The number of carbonyl (C=O) groups excluding carboxylic acids is 1. The van der Waals surface area contributed by atoms with Gasteiger partial charge < -0.3 is 5.32 Å². The highest BCUT2D eigenvalue weighted by Gasteiger charge is 2.13. The Hall–Kier alpha value is -1.88. The standard InChI is InChI=1S/C14H15ClFN3O/c1-8-14(17-10(3)20)9(2)19(18-8)7-11-4-5-12(16)6-13(11)15/h4-6H,7H2,1-3H3,(H,17,20). The Morgan fingerprint density at radius 3 is 2.75 bits per heavy atom. The van der Waals surface area contributed by atoms with E-state index in [0.29, 0.717) is 17.3 Å². The highest BCUT2D eigenvalue weighted by Crippen LogP contribution is 2.23. The van der Waals surface area contributed by atoms with E-state index in [0.717, 1.165) is 17.0 Å². The summed E-state index contributed by atoms with van der Waals surface area (Å²) in [6, 6.07) is 4.27. The molecule has 1 heterocycles. The molecule has 2 rings (SSSR count). The van der Waals surface area contributed by atoms with Crippen molar-refractivity contribution in [3.63, 3.8) is 0 Å². The molecule has 1 aromatic carbocycles. The number of halogens is 2. The quantitative estimate of drug-likeness (QED) is 0.944. The third-order valence-electron chi connectivity index (χ3n) is 3.02. The first-order chi connectivity index (χ1) is 9.38. The van der Waals surface area contributed by atoms with Crippen molar-refractivity contribution >= 4 is 23.2 Å². The van der Waals surface area contributed by atoms with Gasteiger partial charge in [0.2, 0.25) is 5.91 Å². The van der Waals surface area contributed by atoms with Crippen LogP contribution >= 0.6 is 11.6 Å². The van der Waals surface area contributed by atoms with E-state index in [2.05, 4.69) is 10.4 Å². The van der Waals surface area contributed by atoms with Crippen LogP contribution in [0, 0.1) is 19.7 Å². The van der Waals surface area contributed by atoms with E-state index in [9.17, 15) is 9.18 Å². The smallest absolute Gasteiger partial charge is 0.221 e. The topological polar surface area (TPSA) is 46.9 Å². The highest BCUT2D eigenvalue weighted by molar-refractivity contribution is 6.31. The minimum Gasteiger partial charge on any atom is -0.323 e. The van der Waals surface area contributed by atoms with Crippen LogP contribution in [0.3, 0.4) is 0 Å². The molecule has 0 saturated heterocycles. The first kappa shape index (κ1) is 14.5. The predicted octanol–water partition coefficient (Wildman–Crippen LogP) is 3.30. The highest BCUT2D eigenvalue weighted by atomic mass is 35.5. The lowest BCUT2D eigenvalue weighted by Gasteiger charge is -2.07. The van der Waals surface area contributed by atoms with Gasteiger partial charge >= 0.3 is 0 Å². The number of rotatable bonds is 3. The molecule has 0 aliphatic heterocycles. The van der Waals surface area contributed by atoms with E-state index < -0.39 is 0 Å². The molecule has 0 unspecified atom stereocenters. The van der Waals surface area contributed by atoms with Crippen LogP contribution in [0.25, 0.3) is 0 Å². The Kier molecular flexibility index (Phi) is 4.09. The Morgan fingerprint density at radius 2 is 2.15 bits per heavy atom. The molecule has 0 spiro atoms. The average molecular weight is 296 g/mol. The second-order valence-corrected chi connectivity index (χ2v) is 5.03. The molecule has 106 valence electrons. The van der Waals surface area contributed by atoms with Crippen LogP contribution in [-0.2, 0) is 11.3 Å². The second-order valence-electron chi connectivity index (χ2n) is 4.62. The van der Waals surface area contributed by atoms with E-state index in [1.165, 1.54) is 19.1 Å². The zero-order valence-electron chi connectivity index (χ0n) is 11.5. The fourth-order valence-corrected chi connectivity index (χ4v) is 2.25. The van der Waals surface area contributed by atoms with Crippen molar-refractivity contribution < 1.29 is 9.18 Å². The maximum Gasteiger partial charge on any atom is 0.221 e. The van der Waals surface area contributed by atoms with Gasteiger partial charge in [-0.25, -0.2) is 4.39 Å². The van der Waals surface area contributed by atoms with Crippen molar-refractivity contribution in [2.75, 3.05) is 5.32 Å². The lowest BCUT2D eigenvalue weighted by Crippen LogP contribution is -2.08. The number of benzene rings is 1. The molecule has 1 aromatic heterocycles. The minimum atomic E-state index is -0.369. The van der Waals surface area contributed by atoms with Gasteiger partial charge in [-0.3, -0.25) is 9.48 Å². The third-order valence-corrected chi connectivity index (χ3v) is 3.37. The number of carbonyl (C=O) groups is 1. The maximum atomic E-state index is 13.0. The summed E-state index contributed by atoms with van der Waals surface area (Å²) in [5.41, 5.74) is 3.04. The summed E-state index contributed by atoms with van der Waals surface area (Å²) < 4.78 is 14.8. The fraction of sp³-hybridized carbons (Fsp3) is 0.286. The minimum absolute atomic E-state index is 0.143. The SMILES string of the molecule is CC(=O)Nc1c(C)nn(Cc2ccc(F)cc2Cl)c1C. The molecule has 0 aliphatic carbocycles. The number of nitrogens with one attached hydrogen (secondary N) is 1. The Bertz CT molecular complexity index is 667. The van der Waals surface area contributed by atoms with Gasteiger partial charge in [-0.15, -0.1) is 0 Å². The lowest BCUT2D eigenvalue weighted by molar-refractivity contribution is -0.114. The lowest BCUT2D eigenvalue weighted by atomic mass is 10.2. The summed E-state index contributed by atoms with van der Waals surface area (Å²) in [6.07, 6.45) is 0. The molecule has 0 fully saturated rings. The zero-order valence-corrected chi connectivity index (χ0v) is 12.3. The molecule has 0 radical (unpaired) electrons. The van der Waals surface area contributed by atoms with E-state index in [-0.39, 0.29) is 11.7 Å². The molecule has 1 amide bonds. The van der Waals surface area contributed by atoms with Crippen LogP contribution in [-0.4, -0.2) is 15.7 Å². The third kappa shape index (κ3) is 2.99. The molecule has 1 N–H and O–H groups in total. The van der Waals surface area contributed by atoms with Gasteiger partial charge in [0.15, 0.2) is 0 Å². The molecular formula is C14H15ClFN3O. The number of aromatic nitrogens is 2. The van der Waals surface area contributed by atoms with Crippen LogP contribution in [0.2, 0.25) is 5.02 Å². The summed E-state index contributed by atoms with van der Waals surface area (Å²) in [6.45, 7) is 5.56. The summed E-state index contributed by atoms with van der Waals surface area (Å²) in [7, 11) is 0. The number of hydrogen-bond donors (Lipinski definition) is 1. The second kappa shape index (κ2) is 5.63. The summed E-state index contributed by atoms with van der Waals surface area (Å²) in [5.74, 6) is -0.512. The fourth-order valence-electron chi connectivity index (χ4n) is 2.02. The van der Waals surface area contributed by atoms with Crippen molar-refractivity contribution in [2.24, 2.45) is 0 Å². The monoisotopic (exact) mass is 295 g/mol. The van der Waals surface area contributed by atoms with Gasteiger partial charge in [0.25, 0.3) is 0 Å². The molecule has 0 atom stereocenters. The van der Waals surface area contributed by atoms with Crippen molar-refractivity contribution in [3.8, 4) is 0 Å². The normalized spacial score (nSPS) is 10.7. The van der Waals surface area contributed by atoms with Gasteiger partial charge in [-0.2, -0.15) is 5.10 Å². The van der Waals surface area contributed by atoms with Crippen LogP contribution in [0.4, 0.5) is 10.1 Å². The van der Waals surface area contributed by atoms with Crippen LogP contribution in [0.1, 0.15) is 23.9 Å². The van der Waals surface area contributed by atoms with Crippen LogP contribution in [0.5, 0.6) is 0 Å². The molecule has 2 aromatic rings. The molecule has 6 heteroatoms. The van der Waals surface area contributed by atoms with E-state index >= 15 is 0 Å². The molecule has 0 aliphatic rings. The largest absolute Gasteiger partial charge is 0.323 e. The predicted molar refractivity (Wildman–Crippen MR) is 76.5 cm³/mol. The molecule has 0 bridgehead atoms. The molecule has 0 saturated carbocycles. The number of anilines is 1. The van der Waals surface area contributed by atoms with Crippen LogP contribution in [0.15, 0.2) is 18.2 Å². The van der Waals surface area contributed by atoms with Crippen molar-refractivity contribution in [1.29, 1.82) is 0 Å². The van der Waals surface area contributed by atoms with Gasteiger partial charge in [0.1, 0.15) is 5.82 Å². The maximum absolute atomic E-state index is 13.0. The van der Waals surface area contributed by atoms with E-state index in [1.807, 2.05) is 13.8 Å². The van der Waals surface area contributed by atoms with Gasteiger partial charge in [0.05, 0.1) is 23.6 Å². The zero-order chi connectivity index (χ0) is 14.9.